The lowest BCUT2D eigenvalue weighted by molar-refractivity contribution is 0.0847. The van der Waals surface area contributed by atoms with E-state index in [0.717, 1.165) is 6.04 Å². The summed E-state index contributed by atoms with van der Waals surface area (Å²) in [6.45, 7) is 8.15. The molecule has 1 aliphatic rings. The van der Waals surface area contributed by atoms with Gasteiger partial charge in [0.1, 0.15) is 0 Å². The molecule has 90 valence electrons. The molecule has 0 saturated carbocycles. The second-order valence-corrected chi connectivity index (χ2v) is 5.10. The number of rotatable bonds is 5. The molecule has 0 spiro atoms. The van der Waals surface area contributed by atoms with E-state index in [9.17, 15) is 0 Å². The summed E-state index contributed by atoms with van der Waals surface area (Å²) in [5.74, 6) is 0. The molecule has 0 aromatic carbocycles. The van der Waals surface area contributed by atoms with Crippen LogP contribution in [0.3, 0.4) is 0 Å². The predicted molar refractivity (Wildman–Crippen MR) is 67.0 cm³/mol. The molecule has 0 amide bonds. The minimum atomic E-state index is 0.445. The van der Waals surface area contributed by atoms with Gasteiger partial charge in [-0.25, -0.2) is 0 Å². The van der Waals surface area contributed by atoms with Crippen LogP contribution in [-0.4, -0.2) is 29.6 Å². The molecule has 2 N–H and O–H groups in total. The van der Waals surface area contributed by atoms with Crippen molar-refractivity contribution >= 4 is 0 Å². The Balaban J connectivity index is 2.50. The molecule has 2 unspecified atom stereocenters. The van der Waals surface area contributed by atoms with Gasteiger partial charge in [0.15, 0.2) is 0 Å². The zero-order valence-corrected chi connectivity index (χ0v) is 10.7. The van der Waals surface area contributed by atoms with Gasteiger partial charge in [-0.2, -0.15) is 0 Å². The molecule has 1 heterocycles. The van der Waals surface area contributed by atoms with Gasteiger partial charge in [0.05, 0.1) is 0 Å². The molecule has 0 aromatic rings. The van der Waals surface area contributed by atoms with E-state index in [4.69, 9.17) is 5.73 Å². The quantitative estimate of drug-likeness (QED) is 0.759. The lowest BCUT2D eigenvalue weighted by Crippen LogP contribution is -2.50. The lowest BCUT2D eigenvalue weighted by atomic mass is 9.94. The molecular weight excluding hydrogens is 184 g/mol. The van der Waals surface area contributed by atoms with Gasteiger partial charge < -0.3 is 5.73 Å². The van der Waals surface area contributed by atoms with Crippen molar-refractivity contribution in [3.05, 3.63) is 0 Å². The van der Waals surface area contributed by atoms with Gasteiger partial charge in [0.2, 0.25) is 0 Å². The van der Waals surface area contributed by atoms with Crippen LogP contribution in [0.5, 0.6) is 0 Å². The average Bonchev–Trinajstić information content (AvgIpc) is 2.17. The van der Waals surface area contributed by atoms with E-state index < -0.39 is 0 Å². The van der Waals surface area contributed by atoms with Crippen LogP contribution < -0.4 is 5.73 Å². The fraction of sp³-hybridized carbons (Fsp3) is 1.00. The van der Waals surface area contributed by atoms with Gasteiger partial charge >= 0.3 is 0 Å². The smallest absolute Gasteiger partial charge is 0.00978 e. The first kappa shape index (κ1) is 13.0. The van der Waals surface area contributed by atoms with Crippen molar-refractivity contribution in [3.8, 4) is 0 Å². The van der Waals surface area contributed by atoms with Crippen molar-refractivity contribution < 1.29 is 0 Å². The first-order valence-electron chi connectivity index (χ1n) is 6.70. The summed E-state index contributed by atoms with van der Waals surface area (Å²) in [5.41, 5.74) is 6.01. The summed E-state index contributed by atoms with van der Waals surface area (Å²) in [5, 5.41) is 0. The number of hydrogen-bond acceptors (Lipinski definition) is 2. The Bertz CT molecular complexity index is 164. The monoisotopic (exact) mass is 212 g/mol. The van der Waals surface area contributed by atoms with Crippen molar-refractivity contribution in [1.82, 2.24) is 4.90 Å². The van der Waals surface area contributed by atoms with Crippen LogP contribution in [-0.2, 0) is 0 Å². The second-order valence-electron chi connectivity index (χ2n) is 5.10. The van der Waals surface area contributed by atoms with Crippen molar-refractivity contribution in [1.29, 1.82) is 0 Å². The highest BCUT2D eigenvalue weighted by molar-refractivity contribution is 4.85. The van der Waals surface area contributed by atoms with Gasteiger partial charge in [-0.15, -0.1) is 0 Å². The maximum atomic E-state index is 6.01. The maximum absolute atomic E-state index is 6.01. The molecule has 15 heavy (non-hydrogen) atoms. The Morgan fingerprint density at radius 2 is 1.87 bits per heavy atom. The Kier molecular flexibility index (Phi) is 5.62. The molecule has 1 rings (SSSR count). The number of piperidine rings is 1. The van der Waals surface area contributed by atoms with Crippen LogP contribution in [0, 0.1) is 0 Å². The van der Waals surface area contributed by atoms with E-state index in [-0.39, 0.29) is 0 Å². The number of nitrogens with zero attached hydrogens (tertiary/aromatic N) is 1. The first-order valence-corrected chi connectivity index (χ1v) is 6.70. The summed E-state index contributed by atoms with van der Waals surface area (Å²) in [6.07, 6.45) is 7.69. The Morgan fingerprint density at radius 3 is 2.33 bits per heavy atom. The fourth-order valence-corrected chi connectivity index (χ4v) is 2.91. The molecule has 0 bridgehead atoms. The first-order chi connectivity index (χ1) is 7.19. The van der Waals surface area contributed by atoms with E-state index in [2.05, 4.69) is 25.7 Å². The van der Waals surface area contributed by atoms with Gasteiger partial charge in [0.25, 0.3) is 0 Å². The topological polar surface area (TPSA) is 29.3 Å². The van der Waals surface area contributed by atoms with Crippen LogP contribution >= 0.6 is 0 Å². The van der Waals surface area contributed by atoms with Gasteiger partial charge in [-0.1, -0.05) is 26.7 Å². The minimum Gasteiger partial charge on any atom is -0.328 e. The number of hydrogen-bond donors (Lipinski definition) is 1. The lowest BCUT2D eigenvalue weighted by Gasteiger charge is -2.41. The predicted octanol–water partition coefficient (Wildman–Crippen LogP) is 2.77. The highest BCUT2D eigenvalue weighted by Gasteiger charge is 2.27. The van der Waals surface area contributed by atoms with Gasteiger partial charge in [-0.05, 0) is 32.6 Å². The molecule has 2 nitrogen and oxygen atoms in total. The number of likely N-dealkylation sites (tertiary alicyclic amines) is 1. The van der Waals surface area contributed by atoms with Crippen LogP contribution in [0.1, 0.15) is 59.3 Å². The Morgan fingerprint density at radius 1 is 1.27 bits per heavy atom. The fourth-order valence-electron chi connectivity index (χ4n) is 2.91. The molecule has 1 saturated heterocycles. The summed E-state index contributed by atoms with van der Waals surface area (Å²) in [4.78, 5) is 2.70. The van der Waals surface area contributed by atoms with Crippen LogP contribution in [0.25, 0.3) is 0 Å². The summed E-state index contributed by atoms with van der Waals surface area (Å²) < 4.78 is 0. The van der Waals surface area contributed by atoms with Crippen molar-refractivity contribution in [2.24, 2.45) is 5.73 Å². The van der Waals surface area contributed by atoms with E-state index in [1.807, 2.05) is 0 Å². The maximum Gasteiger partial charge on any atom is 0.00978 e. The normalized spacial score (nSPS) is 28.6. The molecule has 0 aliphatic carbocycles. The summed E-state index contributed by atoms with van der Waals surface area (Å²) >= 11 is 0. The van der Waals surface area contributed by atoms with E-state index >= 15 is 0 Å². The highest BCUT2D eigenvalue weighted by atomic mass is 15.2. The van der Waals surface area contributed by atoms with Crippen molar-refractivity contribution in [3.63, 3.8) is 0 Å². The third-order valence-electron chi connectivity index (χ3n) is 3.68. The highest BCUT2D eigenvalue weighted by Crippen LogP contribution is 2.23. The molecule has 2 atom stereocenters. The van der Waals surface area contributed by atoms with Crippen LogP contribution in [0.2, 0.25) is 0 Å². The third-order valence-corrected chi connectivity index (χ3v) is 3.68. The molecule has 1 fully saturated rings. The molecule has 0 aromatic heterocycles. The van der Waals surface area contributed by atoms with Crippen LogP contribution in [0.15, 0.2) is 0 Å². The third kappa shape index (κ3) is 3.76. The summed E-state index contributed by atoms with van der Waals surface area (Å²) in [6, 6.07) is 1.94. The van der Waals surface area contributed by atoms with E-state index in [1.54, 1.807) is 0 Å². The Hall–Kier alpha value is -0.0800. The SMILES string of the molecule is CCCC(CCC)N1CCC(N)CC1C. The second kappa shape index (κ2) is 6.49. The summed E-state index contributed by atoms with van der Waals surface area (Å²) in [7, 11) is 0. The van der Waals surface area contributed by atoms with E-state index in [0.29, 0.717) is 12.1 Å². The zero-order chi connectivity index (χ0) is 11.3. The van der Waals surface area contributed by atoms with Gasteiger partial charge in [0, 0.05) is 24.7 Å². The standard InChI is InChI=1S/C13H28N2/c1-4-6-13(7-5-2)15-9-8-12(14)10-11(15)3/h11-13H,4-10,14H2,1-3H3. The van der Waals surface area contributed by atoms with Gasteiger partial charge in [-0.3, -0.25) is 4.90 Å². The molecular formula is C13H28N2. The van der Waals surface area contributed by atoms with Crippen molar-refractivity contribution in [2.75, 3.05) is 6.54 Å². The van der Waals surface area contributed by atoms with Crippen LogP contribution in [0.4, 0.5) is 0 Å². The zero-order valence-electron chi connectivity index (χ0n) is 10.7. The average molecular weight is 212 g/mol. The molecule has 0 radical (unpaired) electrons. The number of nitrogens with two attached hydrogens (primary N) is 1. The Labute approximate surface area is 95.2 Å². The largest absolute Gasteiger partial charge is 0.328 e. The molecule has 2 heteroatoms. The molecule has 1 aliphatic heterocycles. The van der Waals surface area contributed by atoms with Crippen molar-refractivity contribution in [2.45, 2.75) is 77.4 Å². The van der Waals surface area contributed by atoms with E-state index in [1.165, 1.54) is 45.1 Å². The minimum absolute atomic E-state index is 0.445.